The first-order valence-electron chi connectivity index (χ1n) is 13.1. The number of carbonyl (C=O) groups excluding carboxylic acids is 2. The maximum atomic E-state index is 13.7. The van der Waals surface area contributed by atoms with Crippen LogP contribution in [0.4, 0.5) is 0 Å². The van der Waals surface area contributed by atoms with Crippen molar-refractivity contribution in [1.29, 1.82) is 0 Å². The van der Waals surface area contributed by atoms with Crippen LogP contribution in [0.2, 0.25) is 0 Å². The molecule has 3 aliphatic rings. The third-order valence-electron chi connectivity index (χ3n) is 8.04. The number of ether oxygens (including phenoxy) is 1. The molecule has 2 aromatic heterocycles. The normalized spacial score (nSPS) is 26.9. The van der Waals surface area contributed by atoms with E-state index in [-0.39, 0.29) is 40.7 Å². The Balaban J connectivity index is 0.00000353. The number of hydrogen-bond acceptors (Lipinski definition) is 3. The number of methoxy groups -OCH3 is 1. The summed E-state index contributed by atoms with van der Waals surface area (Å²) in [5, 5.41) is 9.75. The van der Waals surface area contributed by atoms with Crippen LogP contribution in [-0.4, -0.2) is 41.9 Å². The van der Waals surface area contributed by atoms with Crippen molar-refractivity contribution in [1.82, 2.24) is 9.97 Å². The summed E-state index contributed by atoms with van der Waals surface area (Å²) in [6, 6.07) is 0. The summed E-state index contributed by atoms with van der Waals surface area (Å²) in [5.74, 6) is -1.85. The fourth-order valence-electron chi connectivity index (χ4n) is 5.83. The Morgan fingerprint density at radius 2 is 1.85 bits per heavy atom. The number of carbonyl (C=O) groups is 2. The Bertz CT molecular complexity index is 1480. The molecule has 8 heteroatoms. The van der Waals surface area contributed by atoms with Crippen molar-refractivity contribution < 1.29 is 14.3 Å². The summed E-state index contributed by atoms with van der Waals surface area (Å²) in [4.78, 5) is 36.4. The minimum atomic E-state index is -1.07. The van der Waals surface area contributed by atoms with E-state index in [4.69, 9.17) is 20.0 Å². The number of aromatic nitrogens is 2. The topological polar surface area (TPSA) is 99.8 Å². The molecule has 0 unspecified atom stereocenters. The predicted octanol–water partition coefficient (Wildman–Crippen LogP) is 6.38. The van der Waals surface area contributed by atoms with Gasteiger partial charge in [-0.05, 0) is 31.2 Å². The molecule has 0 amide bonds. The van der Waals surface area contributed by atoms with E-state index in [1.54, 1.807) is 6.20 Å². The van der Waals surface area contributed by atoms with Crippen molar-refractivity contribution in [3.05, 3.63) is 85.5 Å². The minimum Gasteiger partial charge on any atom is -0.668 e. The van der Waals surface area contributed by atoms with Crippen LogP contribution in [0.1, 0.15) is 83.4 Å². The zero-order valence-corrected chi connectivity index (χ0v) is 24.9. The Kier molecular flexibility index (Phi) is 8.19. The number of rotatable bonds is 4. The van der Waals surface area contributed by atoms with E-state index in [1.807, 2.05) is 45.1 Å². The summed E-state index contributed by atoms with van der Waals surface area (Å²) in [5.41, 5.74) is 9.07. The molecule has 6 bridgehead atoms. The van der Waals surface area contributed by atoms with Gasteiger partial charge in [0.2, 0.25) is 0 Å². The number of esters is 1. The first-order valence-corrected chi connectivity index (χ1v) is 13.1. The van der Waals surface area contributed by atoms with Crippen molar-refractivity contribution in [3.63, 3.8) is 0 Å². The number of ketones is 1. The Morgan fingerprint density at radius 3 is 2.49 bits per heavy atom. The molecule has 2 aromatic rings. The predicted molar refractivity (Wildman–Crippen MR) is 157 cm³/mol. The van der Waals surface area contributed by atoms with E-state index in [0.717, 1.165) is 51.6 Å². The molecule has 7 nitrogen and oxygen atoms in total. The molecule has 0 aromatic carbocycles. The fourth-order valence-corrected chi connectivity index (χ4v) is 5.83. The fraction of sp³-hybridized carbons (Fsp3) is 0.355. The molecule has 5 rings (SSSR count). The van der Waals surface area contributed by atoms with Gasteiger partial charge in [0.25, 0.3) is 0 Å². The molecule has 0 N–H and O–H groups in total. The van der Waals surface area contributed by atoms with Crippen LogP contribution in [0.15, 0.2) is 29.9 Å². The van der Waals surface area contributed by atoms with Crippen molar-refractivity contribution in [2.45, 2.75) is 47.5 Å². The molecule has 198 valence electrons. The largest absolute Gasteiger partial charge is 2.00 e. The number of hydrogen-bond donors (Lipinski definition) is 0. The molecule has 3 atom stereocenters. The zero-order valence-electron chi connectivity index (χ0n) is 23.5. The number of fused-ring (bicyclic) bond motifs is 5. The van der Waals surface area contributed by atoms with Gasteiger partial charge in [0.05, 0.1) is 7.11 Å². The molecule has 0 radical (unpaired) electrons. The van der Waals surface area contributed by atoms with Gasteiger partial charge in [-0.3, -0.25) is 9.59 Å². The van der Waals surface area contributed by atoms with Crippen LogP contribution in [0.3, 0.4) is 0 Å². The second kappa shape index (κ2) is 11.1. The smallest absolute Gasteiger partial charge is 0.668 e. The second-order valence-electron chi connectivity index (χ2n) is 10.0. The summed E-state index contributed by atoms with van der Waals surface area (Å²) in [7, 11) is 1.31. The molecule has 4 heterocycles. The van der Waals surface area contributed by atoms with Crippen molar-refractivity contribution in [2.24, 2.45) is 17.8 Å². The average molecular weight is 533 g/mol. The first-order chi connectivity index (χ1) is 18.2. The van der Waals surface area contributed by atoms with Gasteiger partial charge < -0.3 is 25.3 Å². The van der Waals surface area contributed by atoms with Gasteiger partial charge in [0, 0.05) is 5.56 Å². The molecular formula is C31H32MgN4O3-2. The SMILES string of the molecule is C=Cc1c2[n-]c(c1C)/C=C1\[N-]/C(=C3\c4[n-]c(c(C)c4C(=O)[C@@H]3C(=O)OC)/C=C\[N-]/C(CC)=C\2)[C@@H](CC)[C@@H]1C.[Mg+2]. The molecular weight excluding hydrogens is 501 g/mol. The van der Waals surface area contributed by atoms with Crippen LogP contribution in [0.5, 0.6) is 0 Å². The van der Waals surface area contributed by atoms with E-state index in [0.29, 0.717) is 28.9 Å². The van der Waals surface area contributed by atoms with Gasteiger partial charge >= 0.3 is 29.0 Å². The number of nitrogens with zero attached hydrogens (tertiary/aromatic N) is 4. The van der Waals surface area contributed by atoms with Gasteiger partial charge in [-0.1, -0.05) is 81.2 Å². The molecule has 1 aliphatic carbocycles. The summed E-state index contributed by atoms with van der Waals surface area (Å²) < 4.78 is 5.09. The standard InChI is InChI=1S/C31H33N4O3.Mg/c1-8-18-13-24-19(9-2)15(4)22(33-24)14-23-16(5)20(10-3)28(35-23)26-27(31(37)38-7)30(36)25-17(6)21(11-12-32-18)34-29(25)26;/h9,11-14,16,20,27H,2,8,10H2,1,3-7H3,(H-,34,35,36);/q-3;+2/p-1/b12-11-,18-13-,23-14-;/t16-,20-,27+;/m0./s1. The van der Waals surface area contributed by atoms with Crippen LogP contribution in [-0.2, 0) is 9.53 Å². The van der Waals surface area contributed by atoms with Crippen molar-refractivity contribution in [3.8, 4) is 0 Å². The van der Waals surface area contributed by atoms with E-state index in [1.165, 1.54) is 7.11 Å². The third-order valence-corrected chi connectivity index (χ3v) is 8.04. The Hall–Kier alpha value is -3.23. The van der Waals surface area contributed by atoms with Crippen LogP contribution in [0.25, 0.3) is 40.5 Å². The molecule has 0 saturated carbocycles. The van der Waals surface area contributed by atoms with E-state index in [2.05, 4.69) is 25.7 Å². The van der Waals surface area contributed by atoms with Crippen molar-refractivity contribution >= 4 is 64.7 Å². The minimum absolute atomic E-state index is 0. The second-order valence-corrected chi connectivity index (χ2v) is 10.0. The monoisotopic (exact) mass is 532 g/mol. The van der Waals surface area contributed by atoms with E-state index < -0.39 is 11.9 Å². The number of allylic oxidation sites excluding steroid dienone is 3. The molecule has 1 saturated heterocycles. The average Bonchev–Trinajstić information content (AvgIpc) is 3.58. The van der Waals surface area contributed by atoms with Gasteiger partial charge in [-0.15, -0.1) is 22.8 Å². The van der Waals surface area contributed by atoms with E-state index in [9.17, 15) is 9.59 Å². The summed E-state index contributed by atoms with van der Waals surface area (Å²) in [6.45, 7) is 14.2. The maximum absolute atomic E-state index is 13.7. The molecule has 2 aliphatic heterocycles. The van der Waals surface area contributed by atoms with Gasteiger partial charge in [-0.2, -0.15) is 23.3 Å². The first kappa shape index (κ1) is 28.8. The third kappa shape index (κ3) is 4.53. The van der Waals surface area contributed by atoms with E-state index >= 15 is 0 Å². The van der Waals surface area contributed by atoms with Crippen LogP contribution >= 0.6 is 0 Å². The molecule has 39 heavy (non-hydrogen) atoms. The number of Topliss-reactive ketones (excluding diaryl/α,β-unsaturated/α-hetero) is 1. The summed E-state index contributed by atoms with van der Waals surface area (Å²) in [6.07, 6.45) is 10.9. The Labute approximate surface area is 246 Å². The van der Waals surface area contributed by atoms with Crippen LogP contribution < -0.4 is 9.97 Å². The van der Waals surface area contributed by atoms with Gasteiger partial charge in [0.1, 0.15) is 5.92 Å². The quantitative estimate of drug-likeness (QED) is 0.258. The van der Waals surface area contributed by atoms with Gasteiger partial charge in [0.15, 0.2) is 5.78 Å². The Morgan fingerprint density at radius 1 is 1.10 bits per heavy atom. The molecule has 1 fully saturated rings. The van der Waals surface area contributed by atoms with Crippen molar-refractivity contribution in [2.75, 3.05) is 7.11 Å². The maximum Gasteiger partial charge on any atom is 2.00 e. The molecule has 0 spiro atoms. The van der Waals surface area contributed by atoms with Crippen LogP contribution in [0, 0.1) is 31.6 Å². The van der Waals surface area contributed by atoms with Gasteiger partial charge in [-0.25, -0.2) is 0 Å². The zero-order chi connectivity index (χ0) is 27.3. The summed E-state index contributed by atoms with van der Waals surface area (Å²) >= 11 is 0.